The summed E-state index contributed by atoms with van der Waals surface area (Å²) in [5.41, 5.74) is 1.30. The van der Waals surface area contributed by atoms with E-state index in [2.05, 4.69) is 4.72 Å². The van der Waals surface area contributed by atoms with Gasteiger partial charge >= 0.3 is 5.97 Å². The van der Waals surface area contributed by atoms with Crippen molar-refractivity contribution in [3.8, 4) is 11.5 Å². The van der Waals surface area contributed by atoms with Gasteiger partial charge in [0.05, 0.1) is 37.2 Å². The molecule has 0 bridgehead atoms. The monoisotopic (exact) mass is 435 g/mol. The highest BCUT2D eigenvalue weighted by Crippen LogP contribution is 2.27. The maximum Gasteiger partial charge on any atom is 0.307 e. The van der Waals surface area contributed by atoms with Gasteiger partial charge in [-0.3, -0.25) is 4.79 Å². The van der Waals surface area contributed by atoms with Crippen LogP contribution in [0.25, 0.3) is 0 Å². The Morgan fingerprint density at radius 2 is 1.87 bits per heavy atom. The minimum Gasteiger partial charge on any atom is -0.497 e. The fourth-order valence-corrected chi connectivity index (χ4v) is 4.21. The number of hydrogen-bond donors (Lipinski definition) is 1. The summed E-state index contributed by atoms with van der Waals surface area (Å²) in [6.45, 7) is 7.51. The van der Waals surface area contributed by atoms with Gasteiger partial charge in [-0.1, -0.05) is 12.1 Å². The minimum absolute atomic E-state index is 0.0219. The van der Waals surface area contributed by atoms with Crippen LogP contribution < -0.4 is 14.2 Å². The Labute approximate surface area is 178 Å². The highest BCUT2D eigenvalue weighted by atomic mass is 32.2. The first-order valence-electron chi connectivity index (χ1n) is 9.75. The van der Waals surface area contributed by atoms with E-state index in [1.807, 2.05) is 13.8 Å². The molecule has 1 atom stereocenters. The van der Waals surface area contributed by atoms with Crippen molar-refractivity contribution in [2.75, 3.05) is 13.7 Å². The highest BCUT2D eigenvalue weighted by molar-refractivity contribution is 7.89. The van der Waals surface area contributed by atoms with Crippen LogP contribution in [0.4, 0.5) is 0 Å². The van der Waals surface area contributed by atoms with E-state index in [1.54, 1.807) is 50.2 Å². The Hall–Kier alpha value is -2.58. The van der Waals surface area contributed by atoms with E-state index in [0.29, 0.717) is 22.6 Å². The van der Waals surface area contributed by atoms with Gasteiger partial charge in [-0.2, -0.15) is 0 Å². The predicted octanol–water partition coefficient (Wildman–Crippen LogP) is 3.76. The largest absolute Gasteiger partial charge is 0.497 e. The number of nitrogens with one attached hydrogen (secondary N) is 1. The van der Waals surface area contributed by atoms with Gasteiger partial charge in [-0.15, -0.1) is 0 Å². The summed E-state index contributed by atoms with van der Waals surface area (Å²) in [6.07, 6.45) is -0.167. The normalized spacial score (nSPS) is 12.5. The number of rotatable bonds is 10. The Bertz CT molecular complexity index is 971. The summed E-state index contributed by atoms with van der Waals surface area (Å²) in [5, 5.41) is 0. The van der Waals surface area contributed by atoms with E-state index in [1.165, 1.54) is 13.2 Å². The molecule has 0 amide bonds. The third kappa shape index (κ3) is 6.47. The molecule has 0 saturated carbocycles. The number of methoxy groups -OCH3 is 1. The van der Waals surface area contributed by atoms with Crippen LogP contribution in [0.1, 0.15) is 44.4 Å². The molecule has 1 N–H and O–H groups in total. The molecular weight excluding hydrogens is 406 g/mol. The van der Waals surface area contributed by atoms with Crippen LogP contribution in [0.15, 0.2) is 47.4 Å². The van der Waals surface area contributed by atoms with Crippen LogP contribution in [0.5, 0.6) is 11.5 Å². The number of esters is 1. The summed E-state index contributed by atoms with van der Waals surface area (Å²) >= 11 is 0. The number of benzene rings is 2. The van der Waals surface area contributed by atoms with Crippen molar-refractivity contribution in [2.45, 2.75) is 51.2 Å². The molecule has 0 heterocycles. The molecule has 2 rings (SSSR count). The summed E-state index contributed by atoms with van der Waals surface area (Å²) in [6, 6.07) is 10.8. The van der Waals surface area contributed by atoms with E-state index >= 15 is 0 Å². The van der Waals surface area contributed by atoms with Crippen molar-refractivity contribution >= 4 is 16.0 Å². The minimum atomic E-state index is -3.91. The summed E-state index contributed by atoms with van der Waals surface area (Å²) < 4.78 is 44.7. The zero-order valence-corrected chi connectivity index (χ0v) is 18.8. The van der Waals surface area contributed by atoms with Gasteiger partial charge in [-0.25, -0.2) is 13.1 Å². The van der Waals surface area contributed by atoms with Crippen molar-refractivity contribution < 1.29 is 27.4 Å². The van der Waals surface area contributed by atoms with Crippen molar-refractivity contribution in [3.05, 3.63) is 53.6 Å². The number of carbonyl (C=O) groups excluding carboxylic acids is 1. The summed E-state index contributed by atoms with van der Waals surface area (Å²) in [5.74, 6) is 0.691. The van der Waals surface area contributed by atoms with Crippen LogP contribution in [-0.2, 0) is 19.6 Å². The number of aryl methyl sites for hydroxylation is 1. The lowest BCUT2D eigenvalue weighted by molar-refractivity contribution is -0.143. The third-order valence-corrected chi connectivity index (χ3v) is 5.76. The van der Waals surface area contributed by atoms with Gasteiger partial charge < -0.3 is 14.2 Å². The smallest absolute Gasteiger partial charge is 0.307 e. The fraction of sp³-hybridized carbons (Fsp3) is 0.409. The second-order valence-electron chi connectivity index (χ2n) is 7.05. The summed E-state index contributed by atoms with van der Waals surface area (Å²) in [4.78, 5) is 12.2. The molecule has 8 heteroatoms. The van der Waals surface area contributed by atoms with Gasteiger partial charge in [0.15, 0.2) is 0 Å². The average molecular weight is 436 g/mol. The third-order valence-electron chi connectivity index (χ3n) is 4.29. The molecule has 0 fully saturated rings. The van der Waals surface area contributed by atoms with Gasteiger partial charge in [-0.05, 0) is 69.2 Å². The van der Waals surface area contributed by atoms with E-state index < -0.39 is 22.0 Å². The molecule has 2 aromatic carbocycles. The van der Waals surface area contributed by atoms with Crippen molar-refractivity contribution in [2.24, 2.45) is 0 Å². The van der Waals surface area contributed by atoms with Crippen molar-refractivity contribution in [1.82, 2.24) is 4.72 Å². The number of carbonyl (C=O) groups is 1. The molecule has 0 aliphatic rings. The first-order valence-corrected chi connectivity index (χ1v) is 11.2. The Morgan fingerprint density at radius 1 is 1.13 bits per heavy atom. The van der Waals surface area contributed by atoms with Gasteiger partial charge in [0, 0.05) is 0 Å². The standard InChI is InChI=1S/C22H29NO6S/c1-6-28-22(24)14-20(17-8-7-9-18(13-17)27-5)23-30(25,26)19-10-11-21(16(4)12-19)29-15(2)3/h7-13,15,20,23H,6,14H2,1-5H3. The van der Waals surface area contributed by atoms with Crippen LogP contribution in [-0.4, -0.2) is 34.2 Å². The molecule has 7 nitrogen and oxygen atoms in total. The molecule has 2 aromatic rings. The lowest BCUT2D eigenvalue weighted by Crippen LogP contribution is -2.31. The summed E-state index contributed by atoms with van der Waals surface area (Å²) in [7, 11) is -2.39. The molecule has 0 spiro atoms. The van der Waals surface area contributed by atoms with Crippen molar-refractivity contribution in [3.63, 3.8) is 0 Å². The average Bonchev–Trinajstić information content (AvgIpc) is 2.68. The molecule has 0 saturated heterocycles. The van der Waals surface area contributed by atoms with Crippen molar-refractivity contribution in [1.29, 1.82) is 0 Å². The van der Waals surface area contributed by atoms with E-state index in [-0.39, 0.29) is 24.0 Å². The van der Waals surface area contributed by atoms with Gasteiger partial charge in [0.1, 0.15) is 11.5 Å². The Morgan fingerprint density at radius 3 is 2.47 bits per heavy atom. The van der Waals surface area contributed by atoms with E-state index in [0.717, 1.165) is 0 Å². The van der Waals surface area contributed by atoms with E-state index in [9.17, 15) is 13.2 Å². The number of sulfonamides is 1. The fourth-order valence-electron chi connectivity index (χ4n) is 2.90. The second-order valence-corrected chi connectivity index (χ2v) is 8.77. The van der Waals surface area contributed by atoms with Gasteiger partial charge in [0.2, 0.25) is 10.0 Å². The quantitative estimate of drug-likeness (QED) is 0.572. The first kappa shape index (κ1) is 23.7. The Kier molecular flexibility index (Phi) is 8.25. The molecular formula is C22H29NO6S. The molecule has 0 aliphatic carbocycles. The molecule has 1 unspecified atom stereocenters. The van der Waals surface area contributed by atoms with Crippen LogP contribution >= 0.6 is 0 Å². The molecule has 164 valence electrons. The van der Waals surface area contributed by atoms with Crippen LogP contribution in [0, 0.1) is 6.92 Å². The molecule has 0 aromatic heterocycles. The van der Waals surface area contributed by atoms with Crippen LogP contribution in [0.2, 0.25) is 0 Å². The SMILES string of the molecule is CCOC(=O)CC(NS(=O)(=O)c1ccc(OC(C)C)c(C)c1)c1cccc(OC)c1. The molecule has 30 heavy (non-hydrogen) atoms. The van der Waals surface area contributed by atoms with Gasteiger partial charge in [0.25, 0.3) is 0 Å². The number of ether oxygens (including phenoxy) is 3. The number of hydrogen-bond acceptors (Lipinski definition) is 6. The zero-order chi connectivity index (χ0) is 22.3. The maximum atomic E-state index is 13.1. The molecule has 0 radical (unpaired) electrons. The topological polar surface area (TPSA) is 90.9 Å². The maximum absolute atomic E-state index is 13.1. The van der Waals surface area contributed by atoms with Crippen LogP contribution in [0.3, 0.4) is 0 Å². The zero-order valence-electron chi connectivity index (χ0n) is 18.0. The Balaban J connectivity index is 2.35. The van der Waals surface area contributed by atoms with E-state index in [4.69, 9.17) is 14.2 Å². The molecule has 0 aliphatic heterocycles. The second kappa shape index (κ2) is 10.4. The lowest BCUT2D eigenvalue weighted by Gasteiger charge is -2.20. The highest BCUT2D eigenvalue weighted by Gasteiger charge is 2.25. The lowest BCUT2D eigenvalue weighted by atomic mass is 10.0. The predicted molar refractivity (Wildman–Crippen MR) is 114 cm³/mol. The first-order chi connectivity index (χ1) is 14.2.